The predicted molar refractivity (Wildman–Crippen MR) is 114 cm³/mol. The van der Waals surface area contributed by atoms with E-state index in [0.717, 1.165) is 30.4 Å². The molecule has 0 amide bonds. The lowest BCUT2D eigenvalue weighted by atomic mass is 10.1. The van der Waals surface area contributed by atoms with Crippen LogP contribution in [0.2, 0.25) is 0 Å². The molecule has 0 saturated carbocycles. The Labute approximate surface area is 167 Å². The van der Waals surface area contributed by atoms with E-state index in [9.17, 15) is 0 Å². The number of halogens is 1. The summed E-state index contributed by atoms with van der Waals surface area (Å²) in [6.07, 6.45) is 4.06. The zero-order valence-electron chi connectivity index (χ0n) is 15.4. The summed E-state index contributed by atoms with van der Waals surface area (Å²) in [4.78, 5) is 11.5. The fourth-order valence-corrected chi connectivity index (χ4v) is 3.23. The van der Waals surface area contributed by atoms with Gasteiger partial charge in [-0.1, -0.05) is 13.0 Å². The number of hydrogen-bond donors (Lipinski definition) is 2. The number of guanidine groups is 1. The van der Waals surface area contributed by atoms with E-state index in [-0.39, 0.29) is 24.0 Å². The summed E-state index contributed by atoms with van der Waals surface area (Å²) in [5.74, 6) is 1.45. The van der Waals surface area contributed by atoms with Gasteiger partial charge in [0, 0.05) is 44.6 Å². The molecule has 0 bridgehead atoms. The van der Waals surface area contributed by atoms with E-state index >= 15 is 0 Å². The molecule has 0 aliphatic carbocycles. The Morgan fingerprint density at radius 2 is 2.16 bits per heavy atom. The van der Waals surface area contributed by atoms with Gasteiger partial charge in [-0.3, -0.25) is 9.89 Å². The maximum Gasteiger partial charge on any atom is 0.191 e. The zero-order valence-corrected chi connectivity index (χ0v) is 17.8. The summed E-state index contributed by atoms with van der Waals surface area (Å²) in [5.41, 5.74) is 1.97. The predicted octanol–water partition coefficient (Wildman–Crippen LogP) is 2.35. The third-order valence-electron chi connectivity index (χ3n) is 4.77. The molecule has 2 aromatic heterocycles. The van der Waals surface area contributed by atoms with Gasteiger partial charge in [-0.15, -0.1) is 24.0 Å². The SMILES string of the molecule is CN=C(NCc1cn2ccccc2n1)NC1CN(C(C)C)CC1C.I. The molecule has 1 aliphatic heterocycles. The van der Waals surface area contributed by atoms with Gasteiger partial charge in [-0.25, -0.2) is 4.98 Å². The third-order valence-corrected chi connectivity index (χ3v) is 4.77. The standard InChI is InChI=1S/C18H28N6.HI/c1-13(2)24-10-14(3)16(12-24)22-18(19-4)20-9-15-11-23-8-6-5-7-17(23)21-15;/h5-8,11,13-14,16H,9-10,12H2,1-4H3,(H2,19,20,22);1H. The van der Waals surface area contributed by atoms with Crippen molar-refractivity contribution in [2.75, 3.05) is 20.1 Å². The molecule has 2 unspecified atom stereocenters. The summed E-state index contributed by atoms with van der Waals surface area (Å²) < 4.78 is 2.03. The zero-order chi connectivity index (χ0) is 17.1. The molecule has 138 valence electrons. The van der Waals surface area contributed by atoms with Gasteiger partial charge in [0.15, 0.2) is 5.96 Å². The van der Waals surface area contributed by atoms with Crippen LogP contribution in [0.3, 0.4) is 0 Å². The van der Waals surface area contributed by atoms with Crippen molar-refractivity contribution >= 4 is 35.6 Å². The van der Waals surface area contributed by atoms with E-state index in [1.54, 1.807) is 0 Å². The van der Waals surface area contributed by atoms with Crippen molar-refractivity contribution in [3.63, 3.8) is 0 Å². The first-order valence-corrected chi connectivity index (χ1v) is 8.70. The van der Waals surface area contributed by atoms with E-state index in [4.69, 9.17) is 0 Å². The number of aliphatic imine (C=N–C) groups is 1. The van der Waals surface area contributed by atoms with Crippen molar-refractivity contribution < 1.29 is 0 Å². The number of nitrogens with one attached hydrogen (secondary N) is 2. The highest BCUT2D eigenvalue weighted by molar-refractivity contribution is 14.0. The van der Waals surface area contributed by atoms with Crippen LogP contribution >= 0.6 is 24.0 Å². The van der Waals surface area contributed by atoms with Crippen LogP contribution in [0, 0.1) is 5.92 Å². The normalized spacial score (nSPS) is 21.6. The fraction of sp³-hybridized carbons (Fsp3) is 0.556. The molecule has 25 heavy (non-hydrogen) atoms. The Bertz CT molecular complexity index is 677. The first kappa shape index (κ1) is 20.0. The van der Waals surface area contributed by atoms with Gasteiger partial charge >= 0.3 is 0 Å². The van der Waals surface area contributed by atoms with Crippen molar-refractivity contribution in [3.05, 3.63) is 36.3 Å². The smallest absolute Gasteiger partial charge is 0.191 e. The second-order valence-corrected chi connectivity index (χ2v) is 6.90. The number of imidazole rings is 1. The number of likely N-dealkylation sites (tertiary alicyclic amines) is 1. The summed E-state index contributed by atoms with van der Waals surface area (Å²) >= 11 is 0. The van der Waals surface area contributed by atoms with Gasteiger partial charge in [0.2, 0.25) is 0 Å². The fourth-order valence-electron chi connectivity index (χ4n) is 3.23. The maximum absolute atomic E-state index is 4.61. The number of fused-ring (bicyclic) bond motifs is 1. The number of nitrogens with zero attached hydrogens (tertiary/aromatic N) is 4. The lowest BCUT2D eigenvalue weighted by Crippen LogP contribution is -2.46. The molecule has 0 radical (unpaired) electrons. The van der Waals surface area contributed by atoms with E-state index in [1.165, 1.54) is 0 Å². The largest absolute Gasteiger partial charge is 0.352 e. The first-order chi connectivity index (χ1) is 11.6. The highest BCUT2D eigenvalue weighted by Gasteiger charge is 2.31. The van der Waals surface area contributed by atoms with Crippen molar-refractivity contribution in [2.24, 2.45) is 10.9 Å². The van der Waals surface area contributed by atoms with Crippen LogP contribution < -0.4 is 10.6 Å². The third kappa shape index (κ3) is 4.84. The summed E-state index contributed by atoms with van der Waals surface area (Å²) in [7, 11) is 1.82. The Morgan fingerprint density at radius 1 is 1.36 bits per heavy atom. The topological polar surface area (TPSA) is 57.0 Å². The summed E-state index contributed by atoms with van der Waals surface area (Å²) in [6.45, 7) is 9.68. The Morgan fingerprint density at radius 3 is 2.80 bits per heavy atom. The molecule has 3 heterocycles. The monoisotopic (exact) mass is 456 g/mol. The van der Waals surface area contributed by atoms with Gasteiger partial charge in [0.05, 0.1) is 12.2 Å². The van der Waals surface area contributed by atoms with E-state index < -0.39 is 0 Å². The molecule has 0 aromatic carbocycles. The summed E-state index contributed by atoms with van der Waals surface area (Å²) in [5, 5.41) is 6.95. The van der Waals surface area contributed by atoms with Crippen LogP contribution in [0.15, 0.2) is 35.6 Å². The average Bonchev–Trinajstić information content (AvgIpc) is 3.14. The van der Waals surface area contributed by atoms with Gasteiger partial charge < -0.3 is 15.0 Å². The van der Waals surface area contributed by atoms with Crippen molar-refractivity contribution in [1.29, 1.82) is 0 Å². The molecule has 3 rings (SSSR count). The molecule has 2 atom stereocenters. The highest BCUT2D eigenvalue weighted by Crippen LogP contribution is 2.18. The minimum atomic E-state index is 0. The number of aromatic nitrogens is 2. The first-order valence-electron chi connectivity index (χ1n) is 8.70. The number of rotatable bonds is 4. The van der Waals surface area contributed by atoms with Crippen LogP contribution in [0.25, 0.3) is 5.65 Å². The van der Waals surface area contributed by atoms with E-state index in [1.807, 2.05) is 42.0 Å². The van der Waals surface area contributed by atoms with Gasteiger partial charge in [0.25, 0.3) is 0 Å². The molecule has 2 N–H and O–H groups in total. The minimum Gasteiger partial charge on any atom is -0.352 e. The van der Waals surface area contributed by atoms with Crippen molar-refractivity contribution in [3.8, 4) is 0 Å². The van der Waals surface area contributed by atoms with Crippen LogP contribution in [-0.4, -0.2) is 52.5 Å². The molecule has 1 fully saturated rings. The Kier molecular flexibility index (Phi) is 7.06. The molecular weight excluding hydrogens is 427 g/mol. The molecule has 1 saturated heterocycles. The lowest BCUT2D eigenvalue weighted by Gasteiger charge is -2.21. The second kappa shape index (κ2) is 8.84. The molecule has 2 aromatic rings. The van der Waals surface area contributed by atoms with Crippen LogP contribution in [0.5, 0.6) is 0 Å². The molecular formula is C18H29IN6. The van der Waals surface area contributed by atoms with Gasteiger partial charge in [-0.05, 0) is 31.9 Å². The van der Waals surface area contributed by atoms with Gasteiger partial charge in [0.1, 0.15) is 5.65 Å². The average molecular weight is 456 g/mol. The van der Waals surface area contributed by atoms with Crippen LogP contribution in [-0.2, 0) is 6.54 Å². The minimum absolute atomic E-state index is 0. The second-order valence-electron chi connectivity index (χ2n) is 6.90. The molecule has 7 heteroatoms. The molecule has 0 spiro atoms. The van der Waals surface area contributed by atoms with Crippen molar-refractivity contribution in [2.45, 2.75) is 39.4 Å². The van der Waals surface area contributed by atoms with E-state index in [0.29, 0.717) is 24.5 Å². The maximum atomic E-state index is 4.61. The lowest BCUT2D eigenvalue weighted by molar-refractivity contribution is 0.265. The molecule has 1 aliphatic rings. The number of pyridine rings is 1. The van der Waals surface area contributed by atoms with Crippen molar-refractivity contribution in [1.82, 2.24) is 24.9 Å². The highest BCUT2D eigenvalue weighted by atomic mass is 127. The Balaban J connectivity index is 0.00000225. The quantitative estimate of drug-likeness (QED) is 0.422. The van der Waals surface area contributed by atoms with E-state index in [2.05, 4.69) is 46.3 Å². The van der Waals surface area contributed by atoms with Crippen LogP contribution in [0.4, 0.5) is 0 Å². The Hall–Kier alpha value is -1.35. The molecule has 6 nitrogen and oxygen atoms in total. The van der Waals surface area contributed by atoms with Gasteiger partial charge in [-0.2, -0.15) is 0 Å². The van der Waals surface area contributed by atoms with Crippen LogP contribution in [0.1, 0.15) is 26.5 Å². The summed E-state index contributed by atoms with van der Waals surface area (Å²) in [6, 6.07) is 7.04. The number of hydrogen-bond acceptors (Lipinski definition) is 3.